The van der Waals surface area contributed by atoms with Gasteiger partial charge in [0.1, 0.15) is 0 Å². The summed E-state index contributed by atoms with van der Waals surface area (Å²) in [6.07, 6.45) is 3.53. The highest BCUT2D eigenvalue weighted by atomic mass is 127. The number of nitrogens with zero attached hydrogens (tertiary/aromatic N) is 2. The molecule has 2 heterocycles. The van der Waals surface area contributed by atoms with Crippen LogP contribution in [0, 0.1) is 0 Å². The van der Waals surface area contributed by atoms with Crippen LogP contribution in [0.4, 0.5) is 5.69 Å². The number of carbonyl (C=O) groups is 1. The first-order chi connectivity index (χ1) is 9.79. The number of rotatable bonds is 4. The number of hydrogen-bond donors (Lipinski definition) is 1. The molecule has 0 saturated heterocycles. The van der Waals surface area contributed by atoms with Gasteiger partial charge in [-0.15, -0.1) is 0 Å². The van der Waals surface area contributed by atoms with Crippen LogP contribution in [-0.4, -0.2) is 26.7 Å². The zero-order valence-corrected chi connectivity index (χ0v) is 12.8. The summed E-state index contributed by atoms with van der Waals surface area (Å²) in [5.74, 6) is 0.175. The molecular weight excluding hydrogens is 365 g/mol. The van der Waals surface area contributed by atoms with E-state index in [1.165, 1.54) is 0 Å². The quantitative estimate of drug-likeness (QED) is 0.431. The van der Waals surface area contributed by atoms with Crippen molar-refractivity contribution in [2.24, 2.45) is 0 Å². The van der Waals surface area contributed by atoms with Gasteiger partial charge in [-0.3, -0.25) is 14.8 Å². The minimum absolute atomic E-state index is 0.175. The van der Waals surface area contributed by atoms with E-state index in [1.54, 1.807) is 12.4 Å². The number of halogens is 1. The molecule has 0 saturated carbocycles. The van der Waals surface area contributed by atoms with Gasteiger partial charge < -0.3 is 5.32 Å². The van der Waals surface area contributed by atoms with E-state index in [9.17, 15) is 4.79 Å². The van der Waals surface area contributed by atoms with Crippen LogP contribution in [0.3, 0.4) is 0 Å². The topological polar surface area (TPSA) is 54.9 Å². The molecule has 0 atom stereocenters. The van der Waals surface area contributed by atoms with Crippen molar-refractivity contribution in [3.05, 3.63) is 42.7 Å². The average Bonchev–Trinajstić information content (AvgIpc) is 2.52. The van der Waals surface area contributed by atoms with Crippen LogP contribution >= 0.6 is 22.6 Å². The molecule has 100 valence electrons. The summed E-state index contributed by atoms with van der Waals surface area (Å²) in [5.41, 5.74) is 2.66. The maximum atomic E-state index is 11.5. The van der Waals surface area contributed by atoms with E-state index in [2.05, 4.69) is 37.9 Å². The lowest BCUT2D eigenvalue weighted by Crippen LogP contribution is -2.14. The minimum Gasteiger partial charge on any atom is -0.377 e. The van der Waals surface area contributed by atoms with Crippen LogP contribution < -0.4 is 5.32 Å². The Labute approximate surface area is 129 Å². The largest absolute Gasteiger partial charge is 0.377 e. The molecule has 3 aromatic rings. The molecule has 3 rings (SSSR count). The molecule has 5 heteroatoms. The van der Waals surface area contributed by atoms with Crippen molar-refractivity contribution in [1.29, 1.82) is 0 Å². The number of hydrogen-bond acceptors (Lipinski definition) is 4. The van der Waals surface area contributed by atoms with E-state index < -0.39 is 0 Å². The fourth-order valence-electron chi connectivity index (χ4n) is 2.16. The lowest BCUT2D eigenvalue weighted by molar-refractivity contribution is -0.114. The van der Waals surface area contributed by atoms with Gasteiger partial charge in [0.05, 0.1) is 22.0 Å². The molecule has 1 N–H and O–H groups in total. The normalized spacial score (nSPS) is 10.8. The average molecular weight is 377 g/mol. The molecule has 0 amide bonds. The van der Waals surface area contributed by atoms with Gasteiger partial charge in [0.15, 0.2) is 5.78 Å². The molecule has 0 spiro atoms. The zero-order valence-electron chi connectivity index (χ0n) is 10.6. The van der Waals surface area contributed by atoms with Crippen LogP contribution in [0.1, 0.15) is 0 Å². The Morgan fingerprint density at radius 3 is 2.70 bits per heavy atom. The number of nitrogens with one attached hydrogen (secondary N) is 1. The van der Waals surface area contributed by atoms with E-state index >= 15 is 0 Å². The zero-order chi connectivity index (χ0) is 13.9. The smallest absolute Gasteiger partial charge is 0.161 e. The molecule has 4 nitrogen and oxygen atoms in total. The van der Waals surface area contributed by atoms with Crippen LogP contribution in [0.15, 0.2) is 42.7 Å². The number of ketones is 1. The van der Waals surface area contributed by atoms with Crippen molar-refractivity contribution in [1.82, 2.24) is 9.97 Å². The van der Waals surface area contributed by atoms with E-state index in [1.807, 2.05) is 30.3 Å². The molecule has 0 aliphatic rings. The van der Waals surface area contributed by atoms with Crippen molar-refractivity contribution < 1.29 is 4.79 Å². The predicted molar refractivity (Wildman–Crippen MR) is 89.4 cm³/mol. The second-order valence-corrected chi connectivity index (χ2v) is 5.19. The standard InChI is InChI=1S/C15H12IN3O/c16-8-11(20)9-19-13-7-10-3-1-5-17-14(10)15-12(13)4-2-6-18-15/h1-7,19H,8-9H2. The molecule has 0 radical (unpaired) electrons. The van der Waals surface area contributed by atoms with Gasteiger partial charge >= 0.3 is 0 Å². The Morgan fingerprint density at radius 1 is 1.15 bits per heavy atom. The Morgan fingerprint density at radius 2 is 1.90 bits per heavy atom. The molecule has 0 unspecified atom stereocenters. The molecule has 0 aliphatic carbocycles. The van der Waals surface area contributed by atoms with Crippen LogP contribution in [0.5, 0.6) is 0 Å². The monoisotopic (exact) mass is 377 g/mol. The van der Waals surface area contributed by atoms with E-state index in [0.29, 0.717) is 11.0 Å². The van der Waals surface area contributed by atoms with Gasteiger partial charge in [-0.2, -0.15) is 0 Å². The third-order valence-electron chi connectivity index (χ3n) is 3.09. The van der Waals surface area contributed by atoms with Gasteiger partial charge in [0, 0.05) is 28.9 Å². The Kier molecular flexibility index (Phi) is 3.77. The number of benzene rings is 1. The van der Waals surface area contributed by atoms with E-state index in [0.717, 1.165) is 27.5 Å². The van der Waals surface area contributed by atoms with Crippen LogP contribution in [0.25, 0.3) is 21.8 Å². The summed E-state index contributed by atoms with van der Waals surface area (Å²) in [6, 6.07) is 9.81. The van der Waals surface area contributed by atoms with Crippen molar-refractivity contribution in [2.45, 2.75) is 0 Å². The van der Waals surface area contributed by atoms with Gasteiger partial charge in [-0.05, 0) is 24.3 Å². The Bertz CT molecular complexity index is 788. The maximum absolute atomic E-state index is 11.5. The second kappa shape index (κ2) is 5.70. The summed E-state index contributed by atoms with van der Waals surface area (Å²) in [5, 5.41) is 5.21. The number of aromatic nitrogens is 2. The lowest BCUT2D eigenvalue weighted by atomic mass is 10.1. The van der Waals surface area contributed by atoms with Crippen molar-refractivity contribution in [3.8, 4) is 0 Å². The summed E-state index contributed by atoms with van der Waals surface area (Å²) in [4.78, 5) is 20.3. The van der Waals surface area contributed by atoms with Crippen molar-refractivity contribution in [2.75, 3.05) is 16.3 Å². The highest BCUT2D eigenvalue weighted by molar-refractivity contribution is 14.1. The molecular formula is C15H12IN3O. The van der Waals surface area contributed by atoms with Crippen LogP contribution in [0.2, 0.25) is 0 Å². The number of fused-ring (bicyclic) bond motifs is 3. The first kappa shape index (κ1) is 13.2. The summed E-state index contributed by atoms with van der Waals surface area (Å²) >= 11 is 2.08. The highest BCUT2D eigenvalue weighted by Gasteiger charge is 2.08. The molecule has 20 heavy (non-hydrogen) atoms. The van der Waals surface area contributed by atoms with Gasteiger partial charge in [0.2, 0.25) is 0 Å². The molecule has 1 aromatic carbocycles. The first-order valence-electron chi connectivity index (χ1n) is 6.23. The van der Waals surface area contributed by atoms with E-state index in [-0.39, 0.29) is 5.78 Å². The van der Waals surface area contributed by atoms with Crippen molar-refractivity contribution >= 4 is 55.9 Å². The minimum atomic E-state index is 0.175. The fourth-order valence-corrected chi connectivity index (χ4v) is 2.43. The SMILES string of the molecule is O=C(CI)CNc1cc2cccnc2c2ncccc12. The molecule has 0 bridgehead atoms. The predicted octanol–water partition coefficient (Wildman–Crippen LogP) is 3.20. The first-order valence-corrected chi connectivity index (χ1v) is 7.76. The molecule has 0 aliphatic heterocycles. The van der Waals surface area contributed by atoms with E-state index in [4.69, 9.17) is 0 Å². The number of pyridine rings is 2. The fraction of sp³-hybridized carbons (Fsp3) is 0.133. The Hall–Kier alpha value is -1.76. The third-order valence-corrected chi connectivity index (χ3v) is 3.94. The number of carbonyl (C=O) groups excluding carboxylic acids is 1. The lowest BCUT2D eigenvalue weighted by Gasteiger charge is -2.10. The van der Waals surface area contributed by atoms with Crippen molar-refractivity contribution in [3.63, 3.8) is 0 Å². The highest BCUT2D eigenvalue weighted by Crippen LogP contribution is 2.28. The van der Waals surface area contributed by atoms with Gasteiger partial charge in [-0.25, -0.2) is 0 Å². The number of Topliss-reactive ketones (excluding diaryl/α,β-unsaturated/α-hetero) is 1. The van der Waals surface area contributed by atoms with Gasteiger partial charge in [0.25, 0.3) is 0 Å². The number of anilines is 1. The van der Waals surface area contributed by atoms with Crippen LogP contribution in [-0.2, 0) is 4.79 Å². The third kappa shape index (κ3) is 2.45. The Balaban J connectivity index is 2.16. The molecule has 0 fully saturated rings. The number of alkyl halides is 1. The summed E-state index contributed by atoms with van der Waals surface area (Å²) in [7, 11) is 0. The molecule has 2 aromatic heterocycles. The summed E-state index contributed by atoms with van der Waals surface area (Å²) < 4.78 is 0.510. The summed E-state index contributed by atoms with van der Waals surface area (Å²) in [6.45, 7) is 0.332. The maximum Gasteiger partial charge on any atom is 0.161 e. The second-order valence-electron chi connectivity index (χ2n) is 4.42. The van der Waals surface area contributed by atoms with Gasteiger partial charge in [-0.1, -0.05) is 28.7 Å².